The molecule has 2 rings (SSSR count). The maximum atomic E-state index is 5.60. The maximum absolute atomic E-state index is 5.60. The van der Waals surface area contributed by atoms with Crippen molar-refractivity contribution in [2.75, 3.05) is 7.11 Å². The lowest BCUT2D eigenvalue weighted by molar-refractivity contribution is 0.412. The number of aryl methyl sites for hydroxylation is 1. The van der Waals surface area contributed by atoms with E-state index in [9.17, 15) is 0 Å². The maximum Gasteiger partial charge on any atom is 0.131 e. The van der Waals surface area contributed by atoms with Crippen molar-refractivity contribution in [3.8, 4) is 17.0 Å². The number of methoxy groups -OCH3 is 1. The fourth-order valence-electron chi connectivity index (χ4n) is 2.22. The Hall–Kier alpha value is -1.68. The number of hydrogen-bond acceptors (Lipinski definition) is 3. The molecule has 2 aromatic rings. The van der Waals surface area contributed by atoms with Crippen LogP contribution in [0.2, 0.25) is 0 Å². The predicted octanol–water partition coefficient (Wildman–Crippen LogP) is 4.73. The number of ether oxygens (including phenoxy) is 1. The highest BCUT2D eigenvalue weighted by molar-refractivity contribution is 7.71. The lowest BCUT2D eigenvalue weighted by atomic mass is 9.95. The average Bonchev–Trinajstić information content (AvgIpc) is 2.40. The molecule has 0 aliphatic heterocycles. The third kappa shape index (κ3) is 3.16. The molecule has 0 aliphatic rings. The second-order valence-corrected chi connectivity index (χ2v) is 6.74. The lowest BCUT2D eigenvalue weighted by Gasteiger charge is -2.20. The Bertz CT molecular complexity index is 727. The molecule has 0 bridgehead atoms. The minimum absolute atomic E-state index is 0.0868. The van der Waals surface area contributed by atoms with Gasteiger partial charge in [-0.3, -0.25) is 0 Å². The molecule has 0 aliphatic carbocycles. The Kier molecular flexibility index (Phi) is 4.19. The first kappa shape index (κ1) is 15.7. The monoisotopic (exact) mass is 302 g/mol. The van der Waals surface area contributed by atoms with E-state index in [1.165, 1.54) is 5.56 Å². The van der Waals surface area contributed by atoms with Crippen LogP contribution >= 0.6 is 12.2 Å². The third-order valence-electron chi connectivity index (χ3n) is 3.62. The van der Waals surface area contributed by atoms with Crippen molar-refractivity contribution in [1.82, 2.24) is 9.97 Å². The van der Waals surface area contributed by atoms with Crippen LogP contribution in [0.1, 0.15) is 37.7 Å². The van der Waals surface area contributed by atoms with Gasteiger partial charge in [-0.2, -0.15) is 0 Å². The third-order valence-corrected chi connectivity index (χ3v) is 3.83. The van der Waals surface area contributed by atoms with Crippen LogP contribution in [0.5, 0.6) is 5.75 Å². The molecule has 0 amide bonds. The van der Waals surface area contributed by atoms with E-state index >= 15 is 0 Å². The van der Waals surface area contributed by atoms with Crippen LogP contribution < -0.4 is 4.74 Å². The molecule has 112 valence electrons. The van der Waals surface area contributed by atoms with E-state index in [0.717, 1.165) is 28.4 Å². The highest BCUT2D eigenvalue weighted by Gasteiger charge is 2.18. The topological polar surface area (TPSA) is 37.9 Å². The van der Waals surface area contributed by atoms with Crippen LogP contribution in [-0.4, -0.2) is 17.1 Å². The molecular weight excluding hydrogens is 280 g/mol. The van der Waals surface area contributed by atoms with Gasteiger partial charge in [0, 0.05) is 11.0 Å². The molecule has 0 atom stereocenters. The summed E-state index contributed by atoms with van der Waals surface area (Å²) in [4.78, 5) is 7.85. The highest BCUT2D eigenvalue weighted by Crippen LogP contribution is 2.34. The first-order chi connectivity index (χ1) is 9.74. The van der Waals surface area contributed by atoms with E-state index in [-0.39, 0.29) is 5.41 Å². The molecule has 1 aromatic carbocycles. The van der Waals surface area contributed by atoms with Gasteiger partial charge in [0.25, 0.3) is 0 Å². The van der Waals surface area contributed by atoms with E-state index in [0.29, 0.717) is 4.64 Å². The fraction of sp³-hybridized carbons (Fsp3) is 0.412. The van der Waals surface area contributed by atoms with Gasteiger partial charge in [0.05, 0.1) is 12.8 Å². The van der Waals surface area contributed by atoms with E-state index < -0.39 is 0 Å². The minimum Gasteiger partial charge on any atom is -0.496 e. The quantitative estimate of drug-likeness (QED) is 0.815. The van der Waals surface area contributed by atoms with E-state index in [1.807, 2.05) is 6.07 Å². The number of hydrogen-bond donors (Lipinski definition) is 1. The molecule has 1 aromatic heterocycles. The Morgan fingerprint density at radius 3 is 2.43 bits per heavy atom. The zero-order valence-electron chi connectivity index (χ0n) is 13.5. The second-order valence-electron chi connectivity index (χ2n) is 6.32. The zero-order valence-corrected chi connectivity index (χ0v) is 14.3. The van der Waals surface area contributed by atoms with Gasteiger partial charge in [0.2, 0.25) is 0 Å². The van der Waals surface area contributed by atoms with E-state index in [2.05, 4.69) is 56.7 Å². The molecule has 1 heterocycles. The molecule has 21 heavy (non-hydrogen) atoms. The van der Waals surface area contributed by atoms with Gasteiger partial charge in [-0.05, 0) is 37.1 Å². The minimum atomic E-state index is -0.0868. The zero-order chi connectivity index (χ0) is 15.8. The summed E-state index contributed by atoms with van der Waals surface area (Å²) in [6.45, 7) is 10.5. The average molecular weight is 302 g/mol. The summed E-state index contributed by atoms with van der Waals surface area (Å²) in [6, 6.07) is 6.05. The highest BCUT2D eigenvalue weighted by atomic mass is 32.1. The number of H-pyrrole nitrogens is 1. The van der Waals surface area contributed by atoms with Crippen molar-refractivity contribution in [3.05, 3.63) is 39.8 Å². The first-order valence-electron chi connectivity index (χ1n) is 7.00. The molecular formula is C17H22N2OS. The Morgan fingerprint density at radius 2 is 1.86 bits per heavy atom. The van der Waals surface area contributed by atoms with Gasteiger partial charge in [0.1, 0.15) is 16.2 Å². The molecule has 1 N–H and O–H groups in total. The first-order valence-corrected chi connectivity index (χ1v) is 7.41. The fourth-order valence-corrected chi connectivity index (χ4v) is 2.43. The SMILES string of the molecule is COc1c(-c2cc(=S)nc(C(C)(C)C)[nH]2)ccc(C)c1C. The van der Waals surface area contributed by atoms with E-state index in [4.69, 9.17) is 17.0 Å². The standard InChI is InChI=1S/C17H22N2OS/c1-10-7-8-12(15(20-6)11(10)2)13-9-14(21)19-16(18-13)17(3,4)5/h7-9H,1-6H3,(H,18,19,21). The smallest absolute Gasteiger partial charge is 0.131 e. The van der Waals surface area contributed by atoms with Crippen molar-refractivity contribution in [1.29, 1.82) is 0 Å². The summed E-state index contributed by atoms with van der Waals surface area (Å²) < 4.78 is 6.19. The number of nitrogens with zero attached hydrogens (tertiary/aromatic N) is 1. The Morgan fingerprint density at radius 1 is 1.19 bits per heavy atom. The lowest BCUT2D eigenvalue weighted by Crippen LogP contribution is -2.16. The summed E-state index contributed by atoms with van der Waals surface area (Å²) in [7, 11) is 1.70. The summed E-state index contributed by atoms with van der Waals surface area (Å²) in [5, 5.41) is 0. The van der Waals surface area contributed by atoms with Gasteiger partial charge in [-0.1, -0.05) is 39.1 Å². The van der Waals surface area contributed by atoms with Gasteiger partial charge in [-0.25, -0.2) is 4.98 Å². The van der Waals surface area contributed by atoms with Gasteiger partial charge in [0.15, 0.2) is 0 Å². The van der Waals surface area contributed by atoms with Crippen molar-refractivity contribution < 1.29 is 4.74 Å². The van der Waals surface area contributed by atoms with Gasteiger partial charge in [-0.15, -0.1) is 0 Å². The van der Waals surface area contributed by atoms with Crippen LogP contribution in [0.4, 0.5) is 0 Å². The van der Waals surface area contributed by atoms with Crippen molar-refractivity contribution in [2.45, 2.75) is 40.0 Å². The molecule has 0 fully saturated rings. The Balaban J connectivity index is 2.71. The van der Waals surface area contributed by atoms with Crippen LogP contribution in [0.3, 0.4) is 0 Å². The van der Waals surface area contributed by atoms with Gasteiger partial charge >= 0.3 is 0 Å². The number of nitrogens with one attached hydrogen (secondary N) is 1. The largest absolute Gasteiger partial charge is 0.496 e. The molecule has 0 saturated heterocycles. The summed E-state index contributed by atoms with van der Waals surface area (Å²) >= 11 is 5.32. The molecule has 0 spiro atoms. The number of aromatic nitrogens is 2. The number of benzene rings is 1. The summed E-state index contributed by atoms with van der Waals surface area (Å²) in [5.41, 5.74) is 4.22. The summed E-state index contributed by atoms with van der Waals surface area (Å²) in [5.74, 6) is 1.76. The van der Waals surface area contributed by atoms with Crippen LogP contribution in [0.15, 0.2) is 18.2 Å². The molecule has 0 radical (unpaired) electrons. The number of aromatic amines is 1. The van der Waals surface area contributed by atoms with Crippen molar-refractivity contribution in [3.63, 3.8) is 0 Å². The molecule has 3 nitrogen and oxygen atoms in total. The van der Waals surface area contributed by atoms with Gasteiger partial charge < -0.3 is 9.72 Å². The number of rotatable bonds is 2. The molecule has 0 unspecified atom stereocenters. The predicted molar refractivity (Wildman–Crippen MR) is 89.6 cm³/mol. The van der Waals surface area contributed by atoms with Crippen LogP contribution in [-0.2, 0) is 5.41 Å². The normalized spacial score (nSPS) is 11.5. The molecule has 0 saturated carbocycles. The van der Waals surface area contributed by atoms with Crippen molar-refractivity contribution >= 4 is 12.2 Å². The van der Waals surface area contributed by atoms with Crippen LogP contribution in [0.25, 0.3) is 11.3 Å². The van der Waals surface area contributed by atoms with E-state index in [1.54, 1.807) is 7.11 Å². The van der Waals surface area contributed by atoms with Crippen LogP contribution in [0, 0.1) is 18.5 Å². The Labute approximate surface area is 131 Å². The molecule has 4 heteroatoms. The second kappa shape index (κ2) is 5.60. The summed E-state index contributed by atoms with van der Waals surface area (Å²) in [6.07, 6.45) is 0. The van der Waals surface area contributed by atoms with Crippen molar-refractivity contribution in [2.24, 2.45) is 0 Å².